The molecule has 0 radical (unpaired) electrons. The van der Waals surface area contributed by atoms with E-state index in [1.165, 1.54) is 31.5 Å². The van der Waals surface area contributed by atoms with E-state index >= 15 is 0 Å². The van der Waals surface area contributed by atoms with E-state index < -0.39 is 0 Å². The van der Waals surface area contributed by atoms with Crippen LogP contribution in [0, 0.1) is 0 Å². The molecule has 0 spiro atoms. The third-order valence-electron chi connectivity index (χ3n) is 4.69. The average molecular weight is 362 g/mol. The minimum atomic E-state index is 0.313. The Balaban J connectivity index is 1.66. The molecule has 5 nitrogen and oxygen atoms in total. The topological polar surface area (TPSA) is 46.8 Å². The quantitative estimate of drug-likeness (QED) is 0.820. The summed E-state index contributed by atoms with van der Waals surface area (Å²) in [7, 11) is 0. The van der Waals surface area contributed by atoms with Crippen molar-refractivity contribution in [2.45, 2.75) is 51.1 Å². The molecule has 1 fully saturated rings. The number of hydrogen-bond acceptors (Lipinski definition) is 4. The molecule has 0 bridgehead atoms. The summed E-state index contributed by atoms with van der Waals surface area (Å²) in [6.07, 6.45) is 9.03. The van der Waals surface area contributed by atoms with Crippen molar-refractivity contribution in [3.8, 4) is 0 Å². The first-order valence-electron chi connectivity index (χ1n) is 8.13. The van der Waals surface area contributed by atoms with Crippen molar-refractivity contribution >= 4 is 21.7 Å². The molecule has 0 saturated carbocycles. The Morgan fingerprint density at radius 2 is 2.00 bits per heavy atom. The van der Waals surface area contributed by atoms with Crippen molar-refractivity contribution in [2.75, 3.05) is 11.4 Å². The first-order chi connectivity index (χ1) is 10.8. The van der Waals surface area contributed by atoms with E-state index in [1.54, 1.807) is 0 Å². The summed E-state index contributed by atoms with van der Waals surface area (Å²) in [4.78, 5) is 6.96. The second-order valence-corrected chi connectivity index (χ2v) is 7.04. The van der Waals surface area contributed by atoms with Gasteiger partial charge >= 0.3 is 0 Å². The molecule has 4 rings (SSSR count). The number of nitrogens with zero attached hydrogens (tertiary/aromatic N) is 5. The van der Waals surface area contributed by atoms with Gasteiger partial charge in [0.2, 0.25) is 0 Å². The highest BCUT2D eigenvalue weighted by Crippen LogP contribution is 2.35. The van der Waals surface area contributed by atoms with Crippen LogP contribution in [0.1, 0.15) is 49.8 Å². The largest absolute Gasteiger partial charge is 0.346 e. The number of fused-ring (bicyclic) bond motifs is 1. The van der Waals surface area contributed by atoms with Gasteiger partial charge in [-0.15, -0.1) is 10.2 Å². The lowest BCUT2D eigenvalue weighted by molar-refractivity contribution is 0.558. The Bertz CT molecular complexity index is 651. The smallest absolute Gasteiger partial charge is 0.155 e. The van der Waals surface area contributed by atoms with Crippen LogP contribution in [0.4, 0.5) is 5.82 Å². The predicted molar refractivity (Wildman–Crippen MR) is 88.8 cm³/mol. The Hall–Kier alpha value is -1.43. The number of rotatable bonds is 2. The first-order valence-corrected chi connectivity index (χ1v) is 8.92. The summed E-state index contributed by atoms with van der Waals surface area (Å²) in [5.74, 6) is 3.35. The van der Waals surface area contributed by atoms with Crippen LogP contribution < -0.4 is 4.90 Å². The normalized spacial score (nSPS) is 21.7. The molecule has 1 atom stereocenters. The number of anilines is 1. The summed E-state index contributed by atoms with van der Waals surface area (Å²) in [6, 6.07) is 4.46. The number of pyridine rings is 1. The molecule has 22 heavy (non-hydrogen) atoms. The van der Waals surface area contributed by atoms with Crippen LogP contribution >= 0.6 is 15.9 Å². The van der Waals surface area contributed by atoms with Crippen molar-refractivity contribution in [2.24, 2.45) is 0 Å². The summed E-state index contributed by atoms with van der Waals surface area (Å²) >= 11 is 3.46. The summed E-state index contributed by atoms with van der Waals surface area (Å²) in [5, 5.41) is 9.01. The Labute approximate surface area is 138 Å². The maximum atomic E-state index is 4.57. The van der Waals surface area contributed by atoms with Crippen molar-refractivity contribution in [1.29, 1.82) is 0 Å². The monoisotopic (exact) mass is 361 g/mol. The molecule has 1 saturated heterocycles. The van der Waals surface area contributed by atoms with E-state index in [9.17, 15) is 0 Å². The lowest BCUT2D eigenvalue weighted by Gasteiger charge is -2.25. The maximum Gasteiger partial charge on any atom is 0.155 e. The maximum absolute atomic E-state index is 4.57. The average Bonchev–Trinajstić information content (AvgIpc) is 3.09. The van der Waals surface area contributed by atoms with Crippen molar-refractivity contribution < 1.29 is 0 Å². The van der Waals surface area contributed by atoms with Gasteiger partial charge in [-0.05, 0) is 53.7 Å². The minimum Gasteiger partial charge on any atom is -0.346 e. The molecule has 6 heteroatoms. The third kappa shape index (κ3) is 2.53. The molecular weight excluding hydrogens is 342 g/mol. The SMILES string of the molecule is Brc1ccc(N2CCCC2c2nnc3n2CCCCC3)nc1. The van der Waals surface area contributed by atoms with Gasteiger partial charge in [0.15, 0.2) is 5.82 Å². The molecular formula is C16H20BrN5. The predicted octanol–water partition coefficient (Wildman–Crippen LogP) is 3.50. The fourth-order valence-corrected chi connectivity index (χ4v) is 3.84. The van der Waals surface area contributed by atoms with Crippen LogP contribution in [0.3, 0.4) is 0 Å². The minimum absolute atomic E-state index is 0.313. The second kappa shape index (κ2) is 5.99. The molecule has 2 aliphatic heterocycles. The first kappa shape index (κ1) is 14.2. The lowest BCUT2D eigenvalue weighted by Crippen LogP contribution is -2.26. The Morgan fingerprint density at radius 3 is 2.86 bits per heavy atom. The third-order valence-corrected chi connectivity index (χ3v) is 5.16. The number of halogens is 1. The van der Waals surface area contributed by atoms with Crippen molar-refractivity contribution in [3.05, 3.63) is 34.5 Å². The second-order valence-electron chi connectivity index (χ2n) is 6.12. The van der Waals surface area contributed by atoms with Crippen LogP contribution in [0.5, 0.6) is 0 Å². The lowest BCUT2D eigenvalue weighted by atomic mass is 10.2. The molecule has 116 valence electrons. The van der Waals surface area contributed by atoms with Crippen LogP contribution in [-0.4, -0.2) is 26.3 Å². The zero-order chi connectivity index (χ0) is 14.9. The Morgan fingerprint density at radius 1 is 1.05 bits per heavy atom. The van der Waals surface area contributed by atoms with Crippen LogP contribution in [0.15, 0.2) is 22.8 Å². The van der Waals surface area contributed by atoms with Crippen LogP contribution in [0.2, 0.25) is 0 Å². The van der Waals surface area contributed by atoms with E-state index in [-0.39, 0.29) is 0 Å². The molecule has 2 aliphatic rings. The van der Waals surface area contributed by atoms with E-state index in [1.807, 2.05) is 6.20 Å². The number of aryl methyl sites for hydroxylation is 1. The van der Waals surface area contributed by atoms with Crippen molar-refractivity contribution in [3.63, 3.8) is 0 Å². The standard InChI is InChI=1S/C16H20BrN5/c17-12-7-8-14(18-11-12)21-10-4-5-13(21)16-20-19-15-6-2-1-3-9-22(15)16/h7-8,11,13H,1-6,9-10H2. The zero-order valence-electron chi connectivity index (χ0n) is 12.6. The van der Waals surface area contributed by atoms with Gasteiger partial charge in [-0.2, -0.15) is 0 Å². The van der Waals surface area contributed by atoms with Crippen LogP contribution in [-0.2, 0) is 13.0 Å². The molecule has 2 aromatic heterocycles. The Kier molecular flexibility index (Phi) is 3.86. The summed E-state index contributed by atoms with van der Waals surface area (Å²) in [6.45, 7) is 2.11. The van der Waals surface area contributed by atoms with E-state index in [2.05, 4.69) is 52.7 Å². The molecule has 0 aliphatic carbocycles. The van der Waals surface area contributed by atoms with Gasteiger partial charge in [-0.1, -0.05) is 6.42 Å². The van der Waals surface area contributed by atoms with Crippen LogP contribution in [0.25, 0.3) is 0 Å². The molecule has 0 aromatic carbocycles. The highest BCUT2D eigenvalue weighted by atomic mass is 79.9. The van der Waals surface area contributed by atoms with Gasteiger partial charge in [0.25, 0.3) is 0 Å². The fourth-order valence-electron chi connectivity index (χ4n) is 3.60. The van der Waals surface area contributed by atoms with Gasteiger partial charge in [-0.25, -0.2) is 4.98 Å². The van der Waals surface area contributed by atoms with Gasteiger partial charge in [0.05, 0.1) is 6.04 Å². The zero-order valence-corrected chi connectivity index (χ0v) is 14.2. The summed E-state index contributed by atoms with van der Waals surface area (Å²) < 4.78 is 3.39. The van der Waals surface area contributed by atoms with Gasteiger partial charge in [0, 0.05) is 30.2 Å². The molecule has 4 heterocycles. The van der Waals surface area contributed by atoms with Gasteiger partial charge < -0.3 is 9.47 Å². The molecule has 1 unspecified atom stereocenters. The fraction of sp³-hybridized carbons (Fsp3) is 0.562. The van der Waals surface area contributed by atoms with E-state index in [4.69, 9.17) is 0 Å². The number of aromatic nitrogens is 4. The molecule has 0 amide bonds. The highest BCUT2D eigenvalue weighted by Gasteiger charge is 2.32. The van der Waals surface area contributed by atoms with Gasteiger partial charge in [-0.3, -0.25) is 0 Å². The molecule has 2 aromatic rings. The summed E-state index contributed by atoms with van der Waals surface area (Å²) in [5.41, 5.74) is 0. The van der Waals surface area contributed by atoms with Crippen molar-refractivity contribution in [1.82, 2.24) is 19.7 Å². The van der Waals surface area contributed by atoms with Gasteiger partial charge in [0.1, 0.15) is 11.6 Å². The molecule has 0 N–H and O–H groups in total. The van der Waals surface area contributed by atoms with E-state index in [0.29, 0.717) is 6.04 Å². The highest BCUT2D eigenvalue weighted by molar-refractivity contribution is 9.10. The number of hydrogen-bond donors (Lipinski definition) is 0. The van der Waals surface area contributed by atoms with E-state index in [0.717, 1.165) is 42.0 Å².